The predicted octanol–water partition coefficient (Wildman–Crippen LogP) is 3.51. The van der Waals surface area contributed by atoms with Gasteiger partial charge in [0.05, 0.1) is 0 Å². The van der Waals surface area contributed by atoms with Crippen LogP contribution in [-0.4, -0.2) is 34.6 Å². The van der Waals surface area contributed by atoms with Gasteiger partial charge in [-0.15, -0.1) is 0 Å². The van der Waals surface area contributed by atoms with Crippen molar-refractivity contribution in [3.05, 3.63) is 35.9 Å². The molecular formula is C17H25NO2. The van der Waals surface area contributed by atoms with Crippen LogP contribution < -0.4 is 0 Å². The van der Waals surface area contributed by atoms with Crippen LogP contribution in [-0.2, 0) is 4.79 Å². The van der Waals surface area contributed by atoms with E-state index in [2.05, 4.69) is 36.1 Å². The SMILES string of the molecule is CC(CCN1CCCCC1(C)C(=O)O)c1ccccc1. The van der Waals surface area contributed by atoms with Crippen molar-refractivity contribution in [2.24, 2.45) is 0 Å². The van der Waals surface area contributed by atoms with E-state index in [1.807, 2.05) is 13.0 Å². The molecule has 0 spiro atoms. The Morgan fingerprint density at radius 1 is 1.35 bits per heavy atom. The number of hydrogen-bond donors (Lipinski definition) is 1. The minimum absolute atomic E-state index is 0.469. The van der Waals surface area contributed by atoms with E-state index in [-0.39, 0.29) is 0 Å². The first-order valence-electron chi connectivity index (χ1n) is 7.57. The highest BCUT2D eigenvalue weighted by molar-refractivity contribution is 5.78. The van der Waals surface area contributed by atoms with Crippen molar-refractivity contribution in [2.45, 2.75) is 51.0 Å². The summed E-state index contributed by atoms with van der Waals surface area (Å²) in [5, 5.41) is 9.51. The van der Waals surface area contributed by atoms with Crippen LogP contribution in [0.5, 0.6) is 0 Å². The summed E-state index contributed by atoms with van der Waals surface area (Å²) >= 11 is 0. The van der Waals surface area contributed by atoms with Gasteiger partial charge in [-0.05, 0) is 57.2 Å². The lowest BCUT2D eigenvalue weighted by atomic mass is 9.87. The highest BCUT2D eigenvalue weighted by Gasteiger charge is 2.40. The van der Waals surface area contributed by atoms with Gasteiger partial charge < -0.3 is 5.11 Å². The first-order valence-corrected chi connectivity index (χ1v) is 7.57. The van der Waals surface area contributed by atoms with Crippen molar-refractivity contribution in [3.8, 4) is 0 Å². The van der Waals surface area contributed by atoms with Gasteiger partial charge in [-0.3, -0.25) is 9.69 Å². The van der Waals surface area contributed by atoms with Crippen LogP contribution in [0.3, 0.4) is 0 Å². The van der Waals surface area contributed by atoms with Crippen molar-refractivity contribution in [2.75, 3.05) is 13.1 Å². The van der Waals surface area contributed by atoms with E-state index in [4.69, 9.17) is 0 Å². The number of piperidine rings is 1. The van der Waals surface area contributed by atoms with Crippen LogP contribution in [0.15, 0.2) is 30.3 Å². The molecule has 2 atom stereocenters. The summed E-state index contributed by atoms with van der Waals surface area (Å²) in [6.07, 6.45) is 3.91. The minimum Gasteiger partial charge on any atom is -0.480 e. The molecule has 0 saturated carbocycles. The summed E-state index contributed by atoms with van der Waals surface area (Å²) in [5.74, 6) is -0.208. The second-order valence-electron chi connectivity index (χ2n) is 6.12. The number of hydrogen-bond acceptors (Lipinski definition) is 2. The third kappa shape index (κ3) is 3.21. The Kier molecular flexibility index (Phi) is 4.81. The van der Waals surface area contributed by atoms with Gasteiger partial charge in [0.25, 0.3) is 0 Å². The molecule has 3 heteroatoms. The van der Waals surface area contributed by atoms with Crippen LogP contribution >= 0.6 is 0 Å². The monoisotopic (exact) mass is 275 g/mol. The van der Waals surface area contributed by atoms with Gasteiger partial charge in [-0.2, -0.15) is 0 Å². The average molecular weight is 275 g/mol. The molecule has 0 radical (unpaired) electrons. The van der Waals surface area contributed by atoms with Gasteiger partial charge in [0.15, 0.2) is 0 Å². The number of benzene rings is 1. The predicted molar refractivity (Wildman–Crippen MR) is 80.9 cm³/mol. The summed E-state index contributed by atoms with van der Waals surface area (Å²) < 4.78 is 0. The third-order valence-electron chi connectivity index (χ3n) is 4.70. The van der Waals surface area contributed by atoms with E-state index in [0.717, 1.165) is 38.8 Å². The van der Waals surface area contributed by atoms with Crippen LogP contribution in [0.4, 0.5) is 0 Å². The second-order valence-corrected chi connectivity index (χ2v) is 6.12. The van der Waals surface area contributed by atoms with Gasteiger partial charge in [-0.1, -0.05) is 37.3 Å². The van der Waals surface area contributed by atoms with Crippen LogP contribution in [0, 0.1) is 0 Å². The lowest BCUT2D eigenvalue weighted by Crippen LogP contribution is -2.55. The van der Waals surface area contributed by atoms with E-state index in [9.17, 15) is 9.90 Å². The van der Waals surface area contributed by atoms with Crippen molar-refractivity contribution < 1.29 is 9.90 Å². The van der Waals surface area contributed by atoms with Gasteiger partial charge >= 0.3 is 5.97 Å². The largest absolute Gasteiger partial charge is 0.480 e. The molecule has 1 fully saturated rings. The van der Waals surface area contributed by atoms with Gasteiger partial charge in [0.1, 0.15) is 5.54 Å². The van der Waals surface area contributed by atoms with E-state index < -0.39 is 11.5 Å². The second kappa shape index (κ2) is 6.40. The van der Waals surface area contributed by atoms with Gasteiger partial charge in [0.2, 0.25) is 0 Å². The van der Waals surface area contributed by atoms with E-state index in [1.54, 1.807) is 0 Å². The fraction of sp³-hybridized carbons (Fsp3) is 0.588. The topological polar surface area (TPSA) is 40.5 Å². The molecule has 0 amide bonds. The number of carbonyl (C=O) groups is 1. The maximum Gasteiger partial charge on any atom is 0.323 e. The van der Waals surface area contributed by atoms with Crippen molar-refractivity contribution in [3.63, 3.8) is 0 Å². The lowest BCUT2D eigenvalue weighted by Gasteiger charge is -2.42. The molecule has 2 rings (SSSR count). The third-order valence-corrected chi connectivity index (χ3v) is 4.70. The van der Waals surface area contributed by atoms with E-state index in [1.165, 1.54) is 5.56 Å². The highest BCUT2D eigenvalue weighted by atomic mass is 16.4. The number of carboxylic acids is 1. The zero-order valence-corrected chi connectivity index (χ0v) is 12.5. The molecule has 1 aliphatic rings. The Labute approximate surface area is 121 Å². The first kappa shape index (κ1) is 15.0. The van der Waals surface area contributed by atoms with Crippen molar-refractivity contribution in [1.29, 1.82) is 0 Å². The molecule has 0 aliphatic carbocycles. The summed E-state index contributed by atoms with van der Waals surface area (Å²) in [7, 11) is 0. The molecule has 1 aliphatic heterocycles. The normalized spacial score (nSPS) is 25.3. The van der Waals surface area contributed by atoms with E-state index >= 15 is 0 Å². The molecule has 2 unspecified atom stereocenters. The molecule has 20 heavy (non-hydrogen) atoms. The molecule has 110 valence electrons. The molecule has 3 nitrogen and oxygen atoms in total. The molecular weight excluding hydrogens is 250 g/mol. The average Bonchev–Trinajstić information content (AvgIpc) is 2.47. The van der Waals surface area contributed by atoms with Gasteiger partial charge in [-0.25, -0.2) is 0 Å². The molecule has 1 aromatic rings. The van der Waals surface area contributed by atoms with Crippen LogP contribution in [0.25, 0.3) is 0 Å². The highest BCUT2D eigenvalue weighted by Crippen LogP contribution is 2.30. The number of rotatable bonds is 5. The van der Waals surface area contributed by atoms with Gasteiger partial charge in [0, 0.05) is 0 Å². The van der Waals surface area contributed by atoms with Crippen molar-refractivity contribution >= 4 is 5.97 Å². The molecule has 1 N–H and O–H groups in total. The molecule has 0 aromatic heterocycles. The number of nitrogens with zero attached hydrogens (tertiary/aromatic N) is 1. The zero-order chi connectivity index (χ0) is 14.6. The maximum absolute atomic E-state index is 11.6. The molecule has 0 bridgehead atoms. The quantitative estimate of drug-likeness (QED) is 0.894. The standard InChI is InChI=1S/C17H25NO2/c1-14(15-8-4-3-5-9-15)10-13-18-12-7-6-11-17(18,2)16(19)20/h3-5,8-9,14H,6-7,10-13H2,1-2H3,(H,19,20). The van der Waals surface area contributed by atoms with Crippen molar-refractivity contribution in [1.82, 2.24) is 4.90 Å². The Morgan fingerprint density at radius 3 is 2.70 bits per heavy atom. The Morgan fingerprint density at radius 2 is 2.05 bits per heavy atom. The Balaban J connectivity index is 1.97. The van der Waals surface area contributed by atoms with Crippen LogP contribution in [0.2, 0.25) is 0 Å². The minimum atomic E-state index is -0.676. The molecule has 1 saturated heterocycles. The maximum atomic E-state index is 11.6. The zero-order valence-electron chi connectivity index (χ0n) is 12.5. The smallest absolute Gasteiger partial charge is 0.323 e. The lowest BCUT2D eigenvalue weighted by molar-refractivity contribution is -0.153. The summed E-state index contributed by atoms with van der Waals surface area (Å²) in [4.78, 5) is 13.7. The number of likely N-dealkylation sites (tertiary alicyclic amines) is 1. The fourth-order valence-electron chi connectivity index (χ4n) is 3.08. The summed E-state index contributed by atoms with van der Waals surface area (Å²) in [6.45, 7) is 5.86. The summed E-state index contributed by atoms with van der Waals surface area (Å²) in [5.41, 5.74) is 0.663. The number of aliphatic carboxylic acids is 1. The Hall–Kier alpha value is -1.35. The van der Waals surface area contributed by atoms with E-state index in [0.29, 0.717) is 5.92 Å². The summed E-state index contributed by atoms with van der Waals surface area (Å²) in [6, 6.07) is 10.5. The Bertz CT molecular complexity index is 446. The fourth-order valence-corrected chi connectivity index (χ4v) is 3.08. The molecule has 1 heterocycles. The number of carboxylic acid groups (broad SMARTS) is 1. The molecule has 1 aromatic carbocycles. The first-order chi connectivity index (χ1) is 9.54. The van der Waals surface area contributed by atoms with Crippen LogP contribution in [0.1, 0.15) is 51.0 Å².